The van der Waals surface area contributed by atoms with Crippen LogP contribution >= 0.6 is 11.3 Å². The van der Waals surface area contributed by atoms with Crippen LogP contribution in [0.25, 0.3) is 10.1 Å². The average molecular weight is 236 g/mol. The SMILES string of the molecule is NCC(O)CNCc1csc2ccccc12. The molecule has 0 amide bonds. The first kappa shape index (κ1) is 11.5. The van der Waals surface area contributed by atoms with E-state index in [1.165, 1.54) is 15.6 Å². The molecule has 0 aliphatic rings. The summed E-state index contributed by atoms with van der Waals surface area (Å²) in [7, 11) is 0. The number of rotatable bonds is 5. The molecule has 0 saturated carbocycles. The number of nitrogens with one attached hydrogen (secondary N) is 1. The van der Waals surface area contributed by atoms with Gasteiger partial charge in [0.25, 0.3) is 0 Å². The Balaban J connectivity index is 1.99. The fraction of sp³-hybridized carbons (Fsp3) is 0.333. The minimum Gasteiger partial charge on any atom is -0.390 e. The molecule has 2 aromatic rings. The van der Waals surface area contributed by atoms with Crippen LogP contribution in [0.3, 0.4) is 0 Å². The number of aliphatic hydroxyl groups excluding tert-OH is 1. The zero-order valence-electron chi connectivity index (χ0n) is 9.02. The maximum atomic E-state index is 9.31. The monoisotopic (exact) mass is 236 g/mol. The van der Waals surface area contributed by atoms with Crippen molar-refractivity contribution in [3.05, 3.63) is 35.2 Å². The fourth-order valence-electron chi connectivity index (χ4n) is 1.63. The number of aliphatic hydroxyl groups is 1. The van der Waals surface area contributed by atoms with Crippen LogP contribution in [-0.2, 0) is 6.54 Å². The van der Waals surface area contributed by atoms with Crippen LogP contribution in [0.4, 0.5) is 0 Å². The molecule has 0 fully saturated rings. The van der Waals surface area contributed by atoms with Crippen LogP contribution in [-0.4, -0.2) is 24.3 Å². The summed E-state index contributed by atoms with van der Waals surface area (Å²) in [6.45, 7) is 1.62. The molecule has 0 spiro atoms. The molecule has 0 radical (unpaired) electrons. The molecular formula is C12H16N2OS. The minimum atomic E-state index is -0.454. The Labute approximate surface area is 98.9 Å². The molecule has 1 unspecified atom stereocenters. The van der Waals surface area contributed by atoms with Gasteiger partial charge in [-0.25, -0.2) is 0 Å². The highest BCUT2D eigenvalue weighted by atomic mass is 32.1. The van der Waals surface area contributed by atoms with Crippen molar-refractivity contribution in [1.29, 1.82) is 0 Å². The Bertz CT molecular complexity index is 455. The highest BCUT2D eigenvalue weighted by Gasteiger charge is 2.04. The lowest BCUT2D eigenvalue weighted by molar-refractivity contribution is 0.179. The molecule has 4 N–H and O–H groups in total. The van der Waals surface area contributed by atoms with Gasteiger partial charge in [0.1, 0.15) is 0 Å². The summed E-state index contributed by atoms with van der Waals surface area (Å²) in [4.78, 5) is 0. The molecule has 1 atom stereocenters. The van der Waals surface area contributed by atoms with Gasteiger partial charge in [-0.3, -0.25) is 0 Å². The molecule has 3 nitrogen and oxygen atoms in total. The highest BCUT2D eigenvalue weighted by Crippen LogP contribution is 2.25. The molecule has 0 aliphatic heterocycles. The highest BCUT2D eigenvalue weighted by molar-refractivity contribution is 7.17. The average Bonchev–Trinajstić information content (AvgIpc) is 2.73. The van der Waals surface area contributed by atoms with Crippen molar-refractivity contribution in [2.24, 2.45) is 5.73 Å². The van der Waals surface area contributed by atoms with E-state index >= 15 is 0 Å². The summed E-state index contributed by atoms with van der Waals surface area (Å²) in [6, 6.07) is 8.35. The van der Waals surface area contributed by atoms with Gasteiger partial charge in [0.15, 0.2) is 0 Å². The lowest BCUT2D eigenvalue weighted by Crippen LogP contribution is -2.32. The van der Waals surface area contributed by atoms with Crippen LogP contribution in [0.5, 0.6) is 0 Å². The maximum absolute atomic E-state index is 9.31. The molecule has 0 saturated heterocycles. The van der Waals surface area contributed by atoms with E-state index in [1.807, 2.05) is 12.1 Å². The second-order valence-electron chi connectivity index (χ2n) is 3.78. The maximum Gasteiger partial charge on any atom is 0.0786 e. The van der Waals surface area contributed by atoms with Crippen molar-refractivity contribution in [2.45, 2.75) is 12.6 Å². The quantitative estimate of drug-likeness (QED) is 0.733. The van der Waals surface area contributed by atoms with Gasteiger partial charge in [-0.15, -0.1) is 11.3 Å². The van der Waals surface area contributed by atoms with Gasteiger partial charge >= 0.3 is 0 Å². The van der Waals surface area contributed by atoms with Gasteiger partial charge in [-0.05, 0) is 22.4 Å². The topological polar surface area (TPSA) is 58.3 Å². The third-order valence-corrected chi connectivity index (χ3v) is 3.54. The zero-order valence-corrected chi connectivity index (χ0v) is 9.83. The number of fused-ring (bicyclic) bond motifs is 1. The van der Waals surface area contributed by atoms with E-state index in [2.05, 4.69) is 22.8 Å². The summed E-state index contributed by atoms with van der Waals surface area (Å²) in [6.07, 6.45) is -0.454. The van der Waals surface area contributed by atoms with Gasteiger partial charge < -0.3 is 16.2 Å². The molecular weight excluding hydrogens is 220 g/mol. The van der Waals surface area contributed by atoms with Crippen molar-refractivity contribution in [3.63, 3.8) is 0 Å². The van der Waals surface area contributed by atoms with Crippen LogP contribution in [0.2, 0.25) is 0 Å². The van der Waals surface area contributed by atoms with Gasteiger partial charge in [-0.1, -0.05) is 18.2 Å². The van der Waals surface area contributed by atoms with Crippen molar-refractivity contribution >= 4 is 21.4 Å². The summed E-state index contributed by atoms with van der Waals surface area (Å²) < 4.78 is 1.30. The predicted octanol–water partition coefficient (Wildman–Crippen LogP) is 1.31. The van der Waals surface area contributed by atoms with Crippen LogP contribution in [0.1, 0.15) is 5.56 Å². The van der Waals surface area contributed by atoms with Crippen molar-refractivity contribution in [3.8, 4) is 0 Å². The number of hydrogen-bond acceptors (Lipinski definition) is 4. The summed E-state index contributed by atoms with van der Waals surface area (Å²) in [5.74, 6) is 0. The Morgan fingerprint density at radius 1 is 1.38 bits per heavy atom. The summed E-state index contributed by atoms with van der Waals surface area (Å²) in [5.41, 5.74) is 6.62. The summed E-state index contributed by atoms with van der Waals surface area (Å²) >= 11 is 1.75. The van der Waals surface area contributed by atoms with Crippen LogP contribution < -0.4 is 11.1 Å². The van der Waals surface area contributed by atoms with Crippen molar-refractivity contribution in [1.82, 2.24) is 5.32 Å². The summed E-state index contributed by atoms with van der Waals surface area (Å²) in [5, 5.41) is 16.0. The van der Waals surface area contributed by atoms with E-state index in [-0.39, 0.29) is 0 Å². The third kappa shape index (κ3) is 2.59. The number of nitrogens with two attached hydrogens (primary N) is 1. The number of benzene rings is 1. The zero-order chi connectivity index (χ0) is 11.4. The van der Waals surface area contributed by atoms with E-state index in [0.29, 0.717) is 13.1 Å². The number of hydrogen-bond donors (Lipinski definition) is 3. The molecule has 86 valence electrons. The largest absolute Gasteiger partial charge is 0.390 e. The van der Waals surface area contributed by atoms with E-state index in [9.17, 15) is 5.11 Å². The fourth-order valence-corrected chi connectivity index (χ4v) is 2.59. The predicted molar refractivity (Wildman–Crippen MR) is 68.6 cm³/mol. The second kappa shape index (κ2) is 5.41. The van der Waals surface area contributed by atoms with Gasteiger partial charge in [0, 0.05) is 24.3 Å². The van der Waals surface area contributed by atoms with Gasteiger partial charge in [0.05, 0.1) is 6.10 Å². The second-order valence-corrected chi connectivity index (χ2v) is 4.69. The van der Waals surface area contributed by atoms with Gasteiger partial charge in [0.2, 0.25) is 0 Å². The minimum absolute atomic E-state index is 0.303. The first-order valence-corrected chi connectivity index (χ1v) is 6.23. The molecule has 16 heavy (non-hydrogen) atoms. The molecule has 0 aliphatic carbocycles. The van der Waals surface area contributed by atoms with E-state index in [0.717, 1.165) is 6.54 Å². The van der Waals surface area contributed by atoms with Crippen LogP contribution in [0.15, 0.2) is 29.6 Å². The lowest BCUT2D eigenvalue weighted by Gasteiger charge is -2.08. The molecule has 1 aromatic carbocycles. The van der Waals surface area contributed by atoms with Crippen LogP contribution in [0, 0.1) is 0 Å². The van der Waals surface area contributed by atoms with E-state index in [4.69, 9.17) is 5.73 Å². The molecule has 2 rings (SSSR count). The standard InChI is InChI=1S/C12H16N2OS/c13-5-10(15)7-14-6-9-8-16-12-4-2-1-3-11(9)12/h1-4,8,10,14-15H,5-7,13H2. The third-order valence-electron chi connectivity index (χ3n) is 2.53. The van der Waals surface area contributed by atoms with E-state index < -0.39 is 6.10 Å². The van der Waals surface area contributed by atoms with Crippen molar-refractivity contribution in [2.75, 3.05) is 13.1 Å². The molecule has 1 aromatic heterocycles. The first-order chi connectivity index (χ1) is 7.81. The Morgan fingerprint density at radius 3 is 3.00 bits per heavy atom. The Kier molecular flexibility index (Phi) is 3.90. The first-order valence-electron chi connectivity index (χ1n) is 5.35. The molecule has 0 bridgehead atoms. The van der Waals surface area contributed by atoms with E-state index in [1.54, 1.807) is 11.3 Å². The van der Waals surface area contributed by atoms with Gasteiger partial charge in [-0.2, -0.15) is 0 Å². The molecule has 4 heteroatoms. The van der Waals surface area contributed by atoms with Crippen molar-refractivity contribution < 1.29 is 5.11 Å². The smallest absolute Gasteiger partial charge is 0.0786 e. The number of thiophene rings is 1. The lowest BCUT2D eigenvalue weighted by atomic mass is 10.2. The Hall–Kier alpha value is -0.940. The normalized spacial score (nSPS) is 13.1. The molecule has 1 heterocycles. The Morgan fingerprint density at radius 2 is 2.19 bits per heavy atom.